The van der Waals surface area contributed by atoms with Crippen LogP contribution in [0.1, 0.15) is 31.7 Å². The lowest BCUT2D eigenvalue weighted by atomic mass is 9.96. The fraction of sp³-hybridized carbons (Fsp3) is 0.440. The van der Waals surface area contributed by atoms with E-state index in [9.17, 15) is 14.4 Å². The van der Waals surface area contributed by atoms with Gasteiger partial charge >= 0.3 is 12.1 Å². The number of benzene rings is 1. The number of rotatable bonds is 6. The summed E-state index contributed by atoms with van der Waals surface area (Å²) in [7, 11) is 0. The van der Waals surface area contributed by atoms with Gasteiger partial charge in [0.15, 0.2) is 6.10 Å². The highest BCUT2D eigenvalue weighted by Gasteiger charge is 2.42. The van der Waals surface area contributed by atoms with Crippen molar-refractivity contribution >= 4 is 35.4 Å². The number of hydrogen-bond acceptors (Lipinski definition) is 7. The molecule has 0 radical (unpaired) electrons. The summed E-state index contributed by atoms with van der Waals surface area (Å²) in [5, 5.41) is 8.09. The monoisotopic (exact) mass is 483 g/mol. The summed E-state index contributed by atoms with van der Waals surface area (Å²) in [6.07, 6.45) is 3.83. The van der Waals surface area contributed by atoms with Crippen LogP contribution in [0.15, 0.2) is 52.6 Å². The Morgan fingerprint density at radius 1 is 1.21 bits per heavy atom. The Morgan fingerprint density at radius 2 is 1.91 bits per heavy atom. The molecule has 1 unspecified atom stereocenters. The first kappa shape index (κ1) is 24.1. The molecule has 2 heterocycles. The summed E-state index contributed by atoms with van der Waals surface area (Å²) in [6, 6.07) is 9.54. The molecule has 9 heteroatoms. The van der Waals surface area contributed by atoms with Gasteiger partial charge in [-0.05, 0) is 37.2 Å². The second-order valence-corrected chi connectivity index (χ2v) is 9.42. The molecule has 1 atom stereocenters. The van der Waals surface area contributed by atoms with Crippen LogP contribution in [0.5, 0.6) is 0 Å². The van der Waals surface area contributed by atoms with Crippen LogP contribution < -0.4 is 0 Å². The number of carbonyl (C=O) groups excluding carboxylic acids is 3. The summed E-state index contributed by atoms with van der Waals surface area (Å²) < 4.78 is 10.9. The molecule has 0 spiro atoms. The third-order valence-corrected chi connectivity index (χ3v) is 7.41. The Hall–Kier alpha value is -3.07. The second-order valence-electron chi connectivity index (χ2n) is 8.61. The Balaban J connectivity index is 1.30. The first-order chi connectivity index (χ1) is 16.4. The molecule has 0 bridgehead atoms. The molecule has 1 N–H and O–H groups in total. The Morgan fingerprint density at radius 3 is 2.59 bits per heavy atom. The van der Waals surface area contributed by atoms with Crippen LogP contribution >= 0.6 is 11.8 Å². The average molecular weight is 484 g/mol. The highest BCUT2D eigenvalue weighted by atomic mass is 32.2. The SMILES string of the molecule is CSC1=C(C)C(N2CC(C(=O)N3CCC(C(=O)OCc4ccccc4)CC3)OC2=O)=CCC1=N. The van der Waals surface area contributed by atoms with Crippen molar-refractivity contribution in [1.29, 1.82) is 5.41 Å². The second kappa shape index (κ2) is 10.5. The number of piperidine rings is 1. The molecule has 8 nitrogen and oxygen atoms in total. The standard InChI is InChI=1S/C25H29N3O5S/c1-16-20(9-8-19(26)22(16)34-2)28-14-21(33-25(28)31)23(29)27-12-10-18(11-13-27)24(30)32-15-17-6-4-3-5-7-17/h3-7,9,18,21,26H,8,10-15H2,1-2H3. The zero-order valence-corrected chi connectivity index (χ0v) is 20.2. The third-order valence-electron chi connectivity index (χ3n) is 6.44. The van der Waals surface area contributed by atoms with Crippen LogP contribution in [0.3, 0.4) is 0 Å². The van der Waals surface area contributed by atoms with Crippen molar-refractivity contribution in [3.05, 3.63) is 58.1 Å². The van der Waals surface area contributed by atoms with Crippen molar-refractivity contribution in [2.45, 2.75) is 38.9 Å². The lowest BCUT2D eigenvalue weighted by molar-refractivity contribution is -0.153. The zero-order chi connectivity index (χ0) is 24.2. The van der Waals surface area contributed by atoms with E-state index >= 15 is 0 Å². The van der Waals surface area contributed by atoms with Gasteiger partial charge in [0.05, 0.1) is 12.5 Å². The summed E-state index contributed by atoms with van der Waals surface area (Å²) >= 11 is 1.48. The van der Waals surface area contributed by atoms with Gasteiger partial charge in [-0.25, -0.2) is 4.79 Å². The van der Waals surface area contributed by atoms with Crippen LogP contribution in [-0.2, 0) is 25.7 Å². The molecular formula is C25H29N3O5S. The minimum Gasteiger partial charge on any atom is -0.461 e. The smallest absolute Gasteiger partial charge is 0.415 e. The van der Waals surface area contributed by atoms with Gasteiger partial charge in [-0.2, -0.15) is 0 Å². The van der Waals surface area contributed by atoms with Crippen molar-refractivity contribution < 1.29 is 23.9 Å². The molecule has 0 saturated carbocycles. The fourth-order valence-corrected chi connectivity index (χ4v) is 5.29. The van der Waals surface area contributed by atoms with Gasteiger partial charge in [0.1, 0.15) is 6.61 Å². The normalized spacial score (nSPS) is 21.5. The first-order valence-corrected chi connectivity index (χ1v) is 12.6. The number of cyclic esters (lactones) is 1. The molecular weight excluding hydrogens is 454 g/mol. The predicted molar refractivity (Wildman–Crippen MR) is 129 cm³/mol. The van der Waals surface area contributed by atoms with Gasteiger partial charge in [-0.15, -0.1) is 11.8 Å². The molecule has 3 aliphatic rings. The Labute approximate surface area is 203 Å². The molecule has 1 aromatic carbocycles. The van der Waals surface area contributed by atoms with Crippen molar-refractivity contribution in [1.82, 2.24) is 9.80 Å². The van der Waals surface area contributed by atoms with Crippen LogP contribution in [0.25, 0.3) is 0 Å². The van der Waals surface area contributed by atoms with E-state index in [1.807, 2.05) is 49.6 Å². The molecule has 0 aromatic heterocycles. The maximum Gasteiger partial charge on any atom is 0.415 e. The summed E-state index contributed by atoms with van der Waals surface area (Å²) in [5.41, 5.74) is 3.03. The van der Waals surface area contributed by atoms with Gasteiger partial charge in [0, 0.05) is 35.8 Å². The van der Waals surface area contributed by atoms with E-state index in [2.05, 4.69) is 0 Å². The number of thioether (sulfide) groups is 1. The van der Waals surface area contributed by atoms with Gasteiger partial charge in [-0.1, -0.05) is 36.4 Å². The number of ether oxygens (including phenoxy) is 2. The maximum atomic E-state index is 13.1. The lowest BCUT2D eigenvalue weighted by Gasteiger charge is -2.32. The van der Waals surface area contributed by atoms with E-state index in [0.717, 1.165) is 16.0 Å². The van der Waals surface area contributed by atoms with Gasteiger partial charge in [0.25, 0.3) is 5.91 Å². The van der Waals surface area contributed by atoms with Gasteiger partial charge < -0.3 is 19.8 Å². The number of nitrogens with one attached hydrogen (secondary N) is 1. The number of esters is 1. The summed E-state index contributed by atoms with van der Waals surface area (Å²) in [4.78, 5) is 42.1. The molecule has 1 aromatic rings. The molecule has 4 rings (SSSR count). The van der Waals surface area contributed by atoms with E-state index < -0.39 is 12.2 Å². The van der Waals surface area contributed by atoms with Crippen LogP contribution in [0.4, 0.5) is 4.79 Å². The van der Waals surface area contributed by atoms with Crippen molar-refractivity contribution in [2.75, 3.05) is 25.9 Å². The lowest BCUT2D eigenvalue weighted by Crippen LogP contribution is -2.46. The quantitative estimate of drug-likeness (QED) is 0.619. The van der Waals surface area contributed by atoms with Crippen LogP contribution in [0.2, 0.25) is 0 Å². The van der Waals surface area contributed by atoms with E-state index in [1.165, 1.54) is 16.7 Å². The molecule has 34 heavy (non-hydrogen) atoms. The van der Waals surface area contributed by atoms with E-state index in [-0.39, 0.29) is 30.9 Å². The van der Waals surface area contributed by atoms with E-state index in [1.54, 1.807) is 4.90 Å². The minimum atomic E-state index is -0.873. The Kier molecular flexibility index (Phi) is 7.41. The van der Waals surface area contributed by atoms with Gasteiger partial charge in [-0.3, -0.25) is 14.5 Å². The number of carbonyl (C=O) groups is 3. The highest BCUT2D eigenvalue weighted by Crippen LogP contribution is 2.33. The van der Waals surface area contributed by atoms with E-state index in [4.69, 9.17) is 14.9 Å². The van der Waals surface area contributed by atoms with Crippen LogP contribution in [0, 0.1) is 11.3 Å². The predicted octanol–water partition coefficient (Wildman–Crippen LogP) is 3.73. The Bertz CT molecular complexity index is 1040. The largest absolute Gasteiger partial charge is 0.461 e. The number of hydrogen-bond donors (Lipinski definition) is 1. The van der Waals surface area contributed by atoms with Crippen LogP contribution in [-0.4, -0.2) is 65.5 Å². The first-order valence-electron chi connectivity index (χ1n) is 11.4. The highest BCUT2D eigenvalue weighted by molar-refractivity contribution is 8.03. The molecule has 2 aliphatic heterocycles. The zero-order valence-electron chi connectivity index (χ0n) is 19.4. The summed E-state index contributed by atoms with van der Waals surface area (Å²) in [5.74, 6) is -0.713. The number of nitrogens with zero attached hydrogens (tertiary/aromatic N) is 2. The van der Waals surface area contributed by atoms with Crippen molar-refractivity contribution in [2.24, 2.45) is 5.92 Å². The average Bonchev–Trinajstić information content (AvgIpc) is 3.24. The van der Waals surface area contributed by atoms with Crippen molar-refractivity contribution in [3.8, 4) is 0 Å². The molecule has 2 amide bonds. The minimum absolute atomic E-state index is 0.148. The molecule has 2 fully saturated rings. The summed E-state index contributed by atoms with van der Waals surface area (Å²) in [6.45, 7) is 3.12. The molecule has 2 saturated heterocycles. The maximum absolute atomic E-state index is 13.1. The van der Waals surface area contributed by atoms with E-state index in [0.29, 0.717) is 43.8 Å². The topological polar surface area (TPSA) is 100 Å². The number of allylic oxidation sites excluding steroid dienone is 3. The number of likely N-dealkylation sites (tertiary alicyclic amines) is 1. The molecule has 180 valence electrons. The number of amides is 2. The fourth-order valence-electron chi connectivity index (χ4n) is 4.55. The molecule has 1 aliphatic carbocycles. The van der Waals surface area contributed by atoms with Crippen molar-refractivity contribution in [3.63, 3.8) is 0 Å². The van der Waals surface area contributed by atoms with Gasteiger partial charge in [0.2, 0.25) is 0 Å². The third kappa shape index (κ3) is 5.04.